The van der Waals surface area contributed by atoms with E-state index in [9.17, 15) is 14.4 Å². The van der Waals surface area contributed by atoms with E-state index in [0.29, 0.717) is 12.2 Å². The number of benzene rings is 2. The average Bonchev–Trinajstić information content (AvgIpc) is 2.78. The molecule has 0 bridgehead atoms. The summed E-state index contributed by atoms with van der Waals surface area (Å²) >= 11 is 0. The number of ether oxygens (including phenoxy) is 2. The Kier molecular flexibility index (Phi) is 9.45. The van der Waals surface area contributed by atoms with E-state index in [1.807, 2.05) is 57.2 Å². The van der Waals surface area contributed by atoms with Crippen LogP contribution in [0.15, 0.2) is 48.5 Å². The van der Waals surface area contributed by atoms with Gasteiger partial charge in [0.1, 0.15) is 0 Å². The molecule has 33 heavy (non-hydrogen) atoms. The van der Waals surface area contributed by atoms with Gasteiger partial charge in [-0.25, -0.2) is 9.59 Å². The highest BCUT2D eigenvalue weighted by Crippen LogP contribution is 2.27. The van der Waals surface area contributed by atoms with E-state index < -0.39 is 24.0 Å². The number of carbonyl (C=O) groups excluding carboxylic acids is 3. The molecule has 0 saturated heterocycles. The summed E-state index contributed by atoms with van der Waals surface area (Å²) < 4.78 is 10.8. The molecule has 2 aromatic rings. The summed E-state index contributed by atoms with van der Waals surface area (Å²) in [6, 6.07) is 12.5. The number of anilines is 2. The Bertz CT molecular complexity index is 940. The molecule has 0 aromatic heterocycles. The smallest absolute Gasteiger partial charge is 0.332 e. The molecule has 0 fully saturated rings. The number of aryl methyl sites for hydroxylation is 2. The van der Waals surface area contributed by atoms with Crippen molar-refractivity contribution in [2.45, 2.75) is 53.6 Å². The fourth-order valence-corrected chi connectivity index (χ4v) is 3.78. The van der Waals surface area contributed by atoms with E-state index in [0.717, 1.165) is 16.8 Å². The van der Waals surface area contributed by atoms with Crippen LogP contribution in [0.5, 0.6) is 0 Å². The van der Waals surface area contributed by atoms with Crippen molar-refractivity contribution in [2.75, 3.05) is 29.6 Å². The molecule has 2 atom stereocenters. The number of esters is 2. The predicted molar refractivity (Wildman–Crippen MR) is 129 cm³/mol. The van der Waals surface area contributed by atoms with Crippen LogP contribution >= 0.6 is 0 Å². The summed E-state index contributed by atoms with van der Waals surface area (Å²) in [5, 5.41) is 0. The molecule has 0 aliphatic heterocycles. The van der Waals surface area contributed by atoms with E-state index in [4.69, 9.17) is 9.47 Å². The molecule has 0 aliphatic carbocycles. The zero-order valence-electron chi connectivity index (χ0n) is 20.3. The molecule has 2 unspecified atom stereocenters. The van der Waals surface area contributed by atoms with Crippen LogP contribution in [0.3, 0.4) is 0 Å². The van der Waals surface area contributed by atoms with Gasteiger partial charge < -0.3 is 14.4 Å². The molecule has 0 spiro atoms. The van der Waals surface area contributed by atoms with E-state index in [2.05, 4.69) is 0 Å². The third kappa shape index (κ3) is 6.34. The first-order chi connectivity index (χ1) is 15.7. The van der Waals surface area contributed by atoms with Crippen molar-refractivity contribution in [2.24, 2.45) is 0 Å². The van der Waals surface area contributed by atoms with Crippen LogP contribution in [0.2, 0.25) is 0 Å². The van der Waals surface area contributed by atoms with Gasteiger partial charge in [0.25, 0.3) is 0 Å². The Hall–Kier alpha value is -3.35. The van der Waals surface area contributed by atoms with Gasteiger partial charge in [-0.15, -0.1) is 0 Å². The number of nitrogens with zero attached hydrogens (tertiary/aromatic N) is 2. The molecule has 7 heteroatoms. The Morgan fingerprint density at radius 3 is 1.55 bits per heavy atom. The first-order valence-corrected chi connectivity index (χ1v) is 11.3. The lowest BCUT2D eigenvalue weighted by molar-refractivity contribution is -0.153. The molecule has 0 heterocycles. The molecule has 2 aromatic carbocycles. The summed E-state index contributed by atoms with van der Waals surface area (Å²) in [7, 11) is 0. The van der Waals surface area contributed by atoms with Gasteiger partial charge >= 0.3 is 11.9 Å². The molecule has 0 aliphatic rings. The lowest BCUT2D eigenvalue weighted by Gasteiger charge is -2.40. The summed E-state index contributed by atoms with van der Waals surface area (Å²) in [5.41, 5.74) is 3.31. The normalized spacial score (nSPS) is 12.4. The van der Waals surface area contributed by atoms with E-state index in [1.165, 1.54) is 11.8 Å². The average molecular weight is 455 g/mol. The maximum absolute atomic E-state index is 13.3. The van der Waals surface area contributed by atoms with Crippen molar-refractivity contribution in [3.63, 3.8) is 0 Å². The highest BCUT2D eigenvalue weighted by Gasteiger charge is 2.45. The van der Waals surface area contributed by atoms with E-state index in [-0.39, 0.29) is 19.1 Å². The van der Waals surface area contributed by atoms with Gasteiger partial charge in [-0.1, -0.05) is 35.4 Å². The Morgan fingerprint density at radius 1 is 0.727 bits per heavy atom. The first kappa shape index (κ1) is 25.9. The summed E-state index contributed by atoms with van der Waals surface area (Å²) in [6.45, 7) is 11.2. The second-order valence-corrected chi connectivity index (χ2v) is 7.74. The van der Waals surface area contributed by atoms with Crippen molar-refractivity contribution in [3.8, 4) is 0 Å². The maximum Gasteiger partial charge on any atom is 0.332 e. The lowest BCUT2D eigenvalue weighted by atomic mass is 10.0. The standard InChI is InChI=1S/C26H34N2O5/c1-7-27(21-14-10-18(4)11-15-21)23(25(30)32-8-2)24(26(31)33-9-3)28(20(6)29)22-16-12-19(5)13-17-22/h10-17,23-24H,7-9H2,1-6H3. The van der Waals surface area contributed by atoms with Crippen LogP contribution in [0, 0.1) is 13.8 Å². The van der Waals surface area contributed by atoms with E-state index in [1.54, 1.807) is 30.9 Å². The quantitative estimate of drug-likeness (QED) is 0.504. The predicted octanol–water partition coefficient (Wildman–Crippen LogP) is 4.05. The Balaban J connectivity index is 2.72. The highest BCUT2D eigenvalue weighted by molar-refractivity contribution is 6.02. The fourth-order valence-electron chi connectivity index (χ4n) is 3.78. The van der Waals surface area contributed by atoms with Crippen molar-refractivity contribution in [1.29, 1.82) is 0 Å². The number of hydrogen-bond donors (Lipinski definition) is 0. The number of amides is 1. The number of likely N-dealkylation sites (N-methyl/N-ethyl adjacent to an activating group) is 1. The van der Waals surface area contributed by atoms with Gasteiger partial charge in [-0.05, 0) is 58.9 Å². The summed E-state index contributed by atoms with van der Waals surface area (Å²) in [6.07, 6.45) is 0. The first-order valence-electron chi connectivity index (χ1n) is 11.3. The van der Waals surface area contributed by atoms with Crippen molar-refractivity contribution in [3.05, 3.63) is 59.7 Å². The molecule has 2 rings (SSSR count). The van der Waals surface area contributed by atoms with E-state index >= 15 is 0 Å². The molecule has 178 valence electrons. The minimum absolute atomic E-state index is 0.112. The maximum atomic E-state index is 13.3. The second-order valence-electron chi connectivity index (χ2n) is 7.74. The minimum Gasteiger partial charge on any atom is -0.464 e. The molecule has 7 nitrogen and oxygen atoms in total. The summed E-state index contributed by atoms with van der Waals surface area (Å²) in [5.74, 6) is -1.65. The number of carbonyl (C=O) groups is 3. The Labute approximate surface area is 196 Å². The van der Waals surface area contributed by atoms with Crippen molar-refractivity contribution >= 4 is 29.2 Å². The largest absolute Gasteiger partial charge is 0.464 e. The van der Waals surface area contributed by atoms with Crippen LogP contribution in [0.25, 0.3) is 0 Å². The lowest BCUT2D eigenvalue weighted by Crippen LogP contribution is -2.61. The topological polar surface area (TPSA) is 76.2 Å². The number of rotatable bonds is 10. The molecule has 0 N–H and O–H groups in total. The highest BCUT2D eigenvalue weighted by atomic mass is 16.5. The minimum atomic E-state index is -1.24. The summed E-state index contributed by atoms with van der Waals surface area (Å²) in [4.78, 5) is 42.7. The number of hydrogen-bond acceptors (Lipinski definition) is 6. The van der Waals surface area contributed by atoms with Gasteiger partial charge in [0.05, 0.1) is 13.2 Å². The molecular formula is C26H34N2O5. The van der Waals surface area contributed by atoms with Gasteiger partial charge in [-0.2, -0.15) is 0 Å². The fraction of sp³-hybridized carbons (Fsp3) is 0.423. The van der Waals surface area contributed by atoms with Crippen LogP contribution < -0.4 is 9.80 Å². The SMILES string of the molecule is CCOC(=O)C(C(C(=O)OCC)N(C(C)=O)c1ccc(C)cc1)N(CC)c1ccc(C)cc1. The molecular weight excluding hydrogens is 420 g/mol. The van der Waals surface area contributed by atoms with Crippen molar-refractivity contribution in [1.82, 2.24) is 0 Å². The van der Waals surface area contributed by atoms with Gasteiger partial charge in [-0.3, -0.25) is 9.69 Å². The van der Waals surface area contributed by atoms with Gasteiger partial charge in [0.2, 0.25) is 5.91 Å². The van der Waals surface area contributed by atoms with Crippen LogP contribution in [-0.2, 0) is 23.9 Å². The molecule has 0 radical (unpaired) electrons. The van der Waals surface area contributed by atoms with Crippen LogP contribution in [-0.4, -0.2) is 49.7 Å². The van der Waals surface area contributed by atoms with Crippen molar-refractivity contribution < 1.29 is 23.9 Å². The third-order valence-electron chi connectivity index (χ3n) is 5.33. The van der Waals surface area contributed by atoms with Gasteiger partial charge in [0, 0.05) is 24.8 Å². The third-order valence-corrected chi connectivity index (χ3v) is 5.33. The molecule has 1 amide bonds. The zero-order valence-corrected chi connectivity index (χ0v) is 20.3. The zero-order chi connectivity index (χ0) is 24.5. The molecule has 0 saturated carbocycles. The van der Waals surface area contributed by atoms with Crippen LogP contribution in [0.1, 0.15) is 38.8 Å². The monoisotopic (exact) mass is 454 g/mol. The van der Waals surface area contributed by atoms with Gasteiger partial charge in [0.15, 0.2) is 12.1 Å². The Morgan fingerprint density at radius 2 is 1.15 bits per heavy atom. The van der Waals surface area contributed by atoms with Crippen LogP contribution in [0.4, 0.5) is 11.4 Å². The second kappa shape index (κ2) is 12.0.